The molecule has 19 heavy (non-hydrogen) atoms. The first-order valence-electron chi connectivity index (χ1n) is 5.74. The minimum Gasteiger partial charge on any atom is -0.269 e. The Morgan fingerprint density at radius 3 is 2.74 bits per heavy atom. The van der Waals surface area contributed by atoms with Crippen molar-refractivity contribution >= 4 is 21.6 Å². The normalized spacial score (nSPS) is 10.8. The van der Waals surface area contributed by atoms with E-state index in [2.05, 4.69) is 27.8 Å². The third kappa shape index (κ3) is 2.19. The molecule has 3 rings (SSSR count). The smallest absolute Gasteiger partial charge is 0.261 e. The van der Waals surface area contributed by atoms with Gasteiger partial charge in [0, 0.05) is 22.4 Å². The first kappa shape index (κ1) is 12.1. The van der Waals surface area contributed by atoms with Crippen molar-refractivity contribution < 1.29 is 0 Å². The molecule has 0 aliphatic carbocycles. The van der Waals surface area contributed by atoms with Gasteiger partial charge in [0.05, 0.1) is 0 Å². The summed E-state index contributed by atoms with van der Waals surface area (Å²) in [6, 6.07) is 11.8. The molecule has 1 aromatic carbocycles. The lowest BCUT2D eigenvalue weighted by atomic mass is 10.1. The number of pyridine rings is 1. The maximum absolute atomic E-state index is 11.9. The molecule has 0 saturated carbocycles. The molecule has 0 amide bonds. The van der Waals surface area contributed by atoms with Gasteiger partial charge in [-0.05, 0) is 42.3 Å². The minimum atomic E-state index is -0.134. The molecule has 0 atom stereocenters. The number of hydrogen-bond acceptors (Lipinski definition) is 2. The van der Waals surface area contributed by atoms with Crippen molar-refractivity contribution in [2.75, 3.05) is 0 Å². The van der Waals surface area contributed by atoms with E-state index in [9.17, 15) is 4.79 Å². The van der Waals surface area contributed by atoms with Crippen LogP contribution in [0.15, 0.2) is 58.1 Å². The van der Waals surface area contributed by atoms with Crippen LogP contribution in [-0.4, -0.2) is 9.38 Å². The van der Waals surface area contributed by atoms with Crippen LogP contribution in [0.4, 0.5) is 0 Å². The van der Waals surface area contributed by atoms with E-state index in [0.717, 1.165) is 15.6 Å². The largest absolute Gasteiger partial charge is 0.269 e. The molecule has 0 aliphatic rings. The van der Waals surface area contributed by atoms with Gasteiger partial charge in [0.2, 0.25) is 0 Å². The molecule has 2 heterocycles. The van der Waals surface area contributed by atoms with Crippen molar-refractivity contribution in [3.8, 4) is 11.1 Å². The molecule has 0 fully saturated rings. The summed E-state index contributed by atoms with van der Waals surface area (Å²) >= 11 is 3.45. The van der Waals surface area contributed by atoms with Crippen LogP contribution >= 0.6 is 15.9 Å². The van der Waals surface area contributed by atoms with Crippen LogP contribution in [0, 0.1) is 6.92 Å². The number of halogens is 1. The van der Waals surface area contributed by atoms with Crippen molar-refractivity contribution in [2.24, 2.45) is 0 Å². The summed E-state index contributed by atoms with van der Waals surface area (Å²) in [5.41, 5.74) is 2.98. The summed E-state index contributed by atoms with van der Waals surface area (Å²) in [4.78, 5) is 16.1. The molecule has 0 spiro atoms. The molecule has 0 saturated heterocycles. The Kier molecular flexibility index (Phi) is 2.95. The lowest BCUT2D eigenvalue weighted by molar-refractivity contribution is 1.03. The predicted molar refractivity (Wildman–Crippen MR) is 79.1 cm³/mol. The summed E-state index contributed by atoms with van der Waals surface area (Å²) in [6.45, 7) is 3.66. The molecule has 2 aromatic heterocycles. The second kappa shape index (κ2) is 4.63. The van der Waals surface area contributed by atoms with E-state index in [1.54, 1.807) is 6.20 Å². The molecule has 3 nitrogen and oxygen atoms in total. The van der Waals surface area contributed by atoms with Crippen molar-refractivity contribution in [3.63, 3.8) is 0 Å². The quantitative estimate of drug-likeness (QED) is 0.691. The predicted octanol–water partition coefficient (Wildman–Crippen LogP) is 3.31. The van der Waals surface area contributed by atoms with Gasteiger partial charge in [-0.25, -0.2) is 4.98 Å². The van der Waals surface area contributed by atoms with Gasteiger partial charge in [0.25, 0.3) is 5.56 Å². The maximum atomic E-state index is 11.9. The van der Waals surface area contributed by atoms with E-state index < -0.39 is 0 Å². The second-order valence-corrected chi connectivity index (χ2v) is 5.16. The van der Waals surface area contributed by atoms with E-state index in [0.29, 0.717) is 11.2 Å². The molecule has 0 unspecified atom stereocenters. The maximum Gasteiger partial charge on any atom is 0.261 e. The summed E-state index contributed by atoms with van der Waals surface area (Å²) in [7, 11) is 0. The second-order valence-electron chi connectivity index (χ2n) is 4.24. The van der Waals surface area contributed by atoms with Gasteiger partial charge in [-0.3, -0.25) is 9.20 Å². The van der Waals surface area contributed by atoms with Gasteiger partial charge in [-0.2, -0.15) is 0 Å². The van der Waals surface area contributed by atoms with Crippen LogP contribution in [0.2, 0.25) is 0 Å². The highest BCUT2D eigenvalue weighted by molar-refractivity contribution is 9.10. The molecule has 93 valence electrons. The van der Waals surface area contributed by atoms with Gasteiger partial charge < -0.3 is 0 Å². The van der Waals surface area contributed by atoms with Crippen molar-refractivity contribution in [1.82, 2.24) is 9.38 Å². The summed E-state index contributed by atoms with van der Waals surface area (Å²) in [6.07, 6.45) is 3.23. The van der Waals surface area contributed by atoms with Crippen LogP contribution in [0.25, 0.3) is 16.8 Å². The molecular formula is C15H10BrN2O. The van der Waals surface area contributed by atoms with Gasteiger partial charge in [-0.1, -0.05) is 28.1 Å². The van der Waals surface area contributed by atoms with E-state index in [1.807, 2.05) is 36.4 Å². The summed E-state index contributed by atoms with van der Waals surface area (Å²) < 4.78 is 2.52. The van der Waals surface area contributed by atoms with E-state index in [1.165, 1.54) is 10.6 Å². The van der Waals surface area contributed by atoms with E-state index in [4.69, 9.17) is 0 Å². The lowest BCUT2D eigenvalue weighted by Crippen LogP contribution is -2.16. The highest BCUT2D eigenvalue weighted by atomic mass is 79.9. The number of nitrogens with zero attached hydrogens (tertiary/aromatic N) is 2. The van der Waals surface area contributed by atoms with Crippen LogP contribution in [-0.2, 0) is 0 Å². The zero-order chi connectivity index (χ0) is 13.4. The lowest BCUT2D eigenvalue weighted by Gasteiger charge is -2.05. The molecule has 0 aliphatic heterocycles. The number of aromatic nitrogens is 2. The Bertz CT molecular complexity index is 824. The topological polar surface area (TPSA) is 34.4 Å². The zero-order valence-electron chi connectivity index (χ0n) is 10.0. The summed E-state index contributed by atoms with van der Waals surface area (Å²) in [5, 5.41) is 0. The Balaban J connectivity index is 2.23. The summed E-state index contributed by atoms with van der Waals surface area (Å²) in [5.74, 6) is 0. The molecule has 0 N–H and O–H groups in total. The number of rotatable bonds is 1. The SMILES string of the molecule is [CH2]c1cnc2cc(-c3cccc(Br)c3)ccn2c1=O. The average Bonchev–Trinajstić information content (AvgIpc) is 2.43. The van der Waals surface area contributed by atoms with Gasteiger partial charge in [-0.15, -0.1) is 0 Å². The third-order valence-electron chi connectivity index (χ3n) is 2.94. The standard InChI is InChI=1S/C15H10BrN2O/c1-10-9-17-14-8-12(5-6-18(14)15(10)19)11-3-2-4-13(16)7-11/h2-9H,1H2. The number of fused-ring (bicyclic) bond motifs is 1. The monoisotopic (exact) mass is 313 g/mol. The Morgan fingerprint density at radius 1 is 1.16 bits per heavy atom. The van der Waals surface area contributed by atoms with Crippen LogP contribution < -0.4 is 5.56 Å². The molecular weight excluding hydrogens is 304 g/mol. The van der Waals surface area contributed by atoms with Crippen LogP contribution in [0.3, 0.4) is 0 Å². The van der Waals surface area contributed by atoms with Crippen LogP contribution in [0.5, 0.6) is 0 Å². The molecule has 1 radical (unpaired) electrons. The van der Waals surface area contributed by atoms with Crippen molar-refractivity contribution in [3.05, 3.63) is 76.1 Å². The average molecular weight is 314 g/mol. The molecule has 4 heteroatoms. The fourth-order valence-corrected chi connectivity index (χ4v) is 2.36. The first-order valence-corrected chi connectivity index (χ1v) is 6.54. The minimum absolute atomic E-state index is 0.134. The highest BCUT2D eigenvalue weighted by Crippen LogP contribution is 2.23. The fraction of sp³-hybridized carbons (Fsp3) is 0. The van der Waals surface area contributed by atoms with Crippen molar-refractivity contribution in [1.29, 1.82) is 0 Å². The van der Waals surface area contributed by atoms with Gasteiger partial charge >= 0.3 is 0 Å². The fourth-order valence-electron chi connectivity index (χ4n) is 1.96. The zero-order valence-corrected chi connectivity index (χ0v) is 11.6. The van der Waals surface area contributed by atoms with Crippen LogP contribution in [0.1, 0.15) is 5.56 Å². The molecule has 0 bridgehead atoms. The van der Waals surface area contributed by atoms with Gasteiger partial charge in [0.15, 0.2) is 0 Å². The third-order valence-corrected chi connectivity index (χ3v) is 3.43. The van der Waals surface area contributed by atoms with E-state index in [-0.39, 0.29) is 5.56 Å². The van der Waals surface area contributed by atoms with Crippen molar-refractivity contribution in [2.45, 2.75) is 0 Å². The Hall–Kier alpha value is -1.94. The number of hydrogen-bond donors (Lipinski definition) is 0. The first-order chi connectivity index (χ1) is 9.15. The van der Waals surface area contributed by atoms with E-state index >= 15 is 0 Å². The Labute approximate surface area is 118 Å². The number of benzene rings is 1. The molecule has 3 aromatic rings. The highest BCUT2D eigenvalue weighted by Gasteiger charge is 2.04. The Morgan fingerprint density at radius 2 is 1.95 bits per heavy atom. The van der Waals surface area contributed by atoms with Gasteiger partial charge in [0.1, 0.15) is 5.65 Å².